The second-order valence-electron chi connectivity index (χ2n) is 5.97. The predicted molar refractivity (Wildman–Crippen MR) is 92.4 cm³/mol. The van der Waals surface area contributed by atoms with E-state index in [0.29, 0.717) is 30.3 Å². The highest BCUT2D eigenvalue weighted by Crippen LogP contribution is 2.31. The average Bonchev–Trinajstić information content (AvgIpc) is 3.17. The average molecular weight is 380 g/mol. The smallest absolute Gasteiger partial charge is 0.253 e. The number of likely N-dealkylation sites (tertiary alicyclic amines) is 1. The van der Waals surface area contributed by atoms with Gasteiger partial charge in [-0.05, 0) is 38.3 Å². The highest BCUT2D eigenvalue weighted by Gasteiger charge is 2.42. The molecule has 9 heteroatoms. The summed E-state index contributed by atoms with van der Waals surface area (Å²) < 4.78 is 27.3. The molecule has 2 aliphatic rings. The minimum Gasteiger partial charge on any atom is -0.340 e. The van der Waals surface area contributed by atoms with Crippen LogP contribution in [-0.2, 0) is 14.8 Å². The summed E-state index contributed by atoms with van der Waals surface area (Å²) in [7, 11) is -3.58. The number of carbonyl (C=O) groups excluding carboxylic acids is 1. The van der Waals surface area contributed by atoms with Crippen molar-refractivity contribution in [3.05, 3.63) is 17.0 Å². The summed E-state index contributed by atoms with van der Waals surface area (Å²) in [5, 5.41) is 0. The van der Waals surface area contributed by atoms with Gasteiger partial charge in [0.25, 0.3) is 10.0 Å². The van der Waals surface area contributed by atoms with Crippen molar-refractivity contribution in [2.45, 2.75) is 42.5 Å². The highest BCUT2D eigenvalue weighted by atomic mass is 35.5. The Morgan fingerprint density at radius 3 is 2.61 bits per heavy atom. The van der Waals surface area contributed by atoms with E-state index in [0.717, 1.165) is 17.7 Å². The normalized spacial score (nSPS) is 25.6. The molecule has 0 radical (unpaired) electrons. The quantitative estimate of drug-likeness (QED) is 0.855. The molecule has 2 aliphatic heterocycles. The molecule has 6 nitrogen and oxygen atoms in total. The van der Waals surface area contributed by atoms with E-state index in [1.807, 2.05) is 6.92 Å². The standard InChI is InChI=1S/C14H21N3O3S2.ClH/c1-10-4-5-13(21-10)22(19,20)17-7-2-3-12(17)14(18)16-8-6-11(15)9-16;/h4-5,11-12H,2-3,6-9,15H2,1H3;1H/t11-,12?;/m1./s1. The van der Waals surface area contributed by atoms with E-state index in [4.69, 9.17) is 5.73 Å². The molecule has 2 saturated heterocycles. The fourth-order valence-corrected chi connectivity index (χ4v) is 6.20. The van der Waals surface area contributed by atoms with E-state index in [9.17, 15) is 13.2 Å². The number of hydrogen-bond donors (Lipinski definition) is 1. The van der Waals surface area contributed by atoms with Gasteiger partial charge in [-0.25, -0.2) is 8.42 Å². The molecule has 0 spiro atoms. The van der Waals surface area contributed by atoms with Crippen LogP contribution in [0.3, 0.4) is 0 Å². The molecular weight excluding hydrogens is 358 g/mol. The molecule has 3 rings (SSSR count). The summed E-state index contributed by atoms with van der Waals surface area (Å²) in [5.41, 5.74) is 5.85. The van der Waals surface area contributed by atoms with Crippen LogP contribution in [0.5, 0.6) is 0 Å². The summed E-state index contributed by atoms with van der Waals surface area (Å²) >= 11 is 1.25. The van der Waals surface area contributed by atoms with Crippen molar-refractivity contribution in [2.75, 3.05) is 19.6 Å². The van der Waals surface area contributed by atoms with Gasteiger partial charge in [-0.15, -0.1) is 23.7 Å². The lowest BCUT2D eigenvalue weighted by molar-refractivity contribution is -0.133. The van der Waals surface area contributed by atoms with Crippen LogP contribution in [0.4, 0.5) is 0 Å². The zero-order chi connectivity index (χ0) is 15.9. The molecular formula is C14H22ClN3O3S2. The van der Waals surface area contributed by atoms with Gasteiger partial charge in [-0.2, -0.15) is 4.31 Å². The lowest BCUT2D eigenvalue weighted by Gasteiger charge is -2.26. The van der Waals surface area contributed by atoms with Gasteiger partial charge in [-0.1, -0.05) is 0 Å². The van der Waals surface area contributed by atoms with Crippen LogP contribution >= 0.6 is 23.7 Å². The van der Waals surface area contributed by atoms with Crippen molar-refractivity contribution in [1.29, 1.82) is 0 Å². The minimum atomic E-state index is -3.58. The Morgan fingerprint density at radius 1 is 1.30 bits per heavy atom. The Hall–Kier alpha value is -0.670. The van der Waals surface area contributed by atoms with Crippen LogP contribution in [-0.4, -0.2) is 55.2 Å². The largest absolute Gasteiger partial charge is 0.340 e. The van der Waals surface area contributed by atoms with Crippen LogP contribution in [0.1, 0.15) is 24.1 Å². The number of rotatable bonds is 3. The number of nitrogens with zero attached hydrogens (tertiary/aromatic N) is 2. The van der Waals surface area contributed by atoms with Crippen LogP contribution < -0.4 is 5.73 Å². The molecule has 1 unspecified atom stereocenters. The number of aryl methyl sites for hydroxylation is 1. The third-order valence-electron chi connectivity index (χ3n) is 4.30. The van der Waals surface area contributed by atoms with Gasteiger partial charge < -0.3 is 10.6 Å². The van der Waals surface area contributed by atoms with Crippen molar-refractivity contribution in [1.82, 2.24) is 9.21 Å². The second kappa shape index (κ2) is 7.06. The Labute approximate surface area is 147 Å². The maximum atomic E-state index is 12.8. The number of thiophene rings is 1. The maximum Gasteiger partial charge on any atom is 0.253 e. The summed E-state index contributed by atoms with van der Waals surface area (Å²) in [6.45, 7) is 3.45. The molecule has 0 saturated carbocycles. The molecule has 2 fully saturated rings. The van der Waals surface area contributed by atoms with E-state index in [1.165, 1.54) is 15.6 Å². The number of sulfonamides is 1. The van der Waals surface area contributed by atoms with Crippen molar-refractivity contribution < 1.29 is 13.2 Å². The molecule has 1 aromatic heterocycles. The summed E-state index contributed by atoms with van der Waals surface area (Å²) in [5.74, 6) is -0.0951. The minimum absolute atomic E-state index is 0. The first-order valence-electron chi connectivity index (χ1n) is 7.52. The predicted octanol–water partition coefficient (Wildman–Crippen LogP) is 1.19. The SMILES string of the molecule is Cc1ccc(S(=O)(=O)N2CCCC2C(=O)N2CC[C@@H](N)C2)s1.Cl. The lowest BCUT2D eigenvalue weighted by atomic mass is 10.2. The molecule has 2 N–H and O–H groups in total. The van der Waals surface area contributed by atoms with E-state index < -0.39 is 16.1 Å². The number of nitrogens with two attached hydrogens (primary N) is 1. The van der Waals surface area contributed by atoms with Crippen LogP contribution in [0.25, 0.3) is 0 Å². The number of halogens is 1. The van der Waals surface area contributed by atoms with E-state index >= 15 is 0 Å². The Bertz CT molecular complexity index is 677. The fraction of sp³-hybridized carbons (Fsp3) is 0.643. The first kappa shape index (κ1) is 18.7. The Balaban J connectivity index is 0.00000192. The third kappa shape index (κ3) is 3.56. The number of amides is 1. The summed E-state index contributed by atoms with van der Waals surface area (Å²) in [4.78, 5) is 15.3. The summed E-state index contributed by atoms with van der Waals surface area (Å²) in [6.07, 6.45) is 2.10. The van der Waals surface area contributed by atoms with Gasteiger partial charge in [0.1, 0.15) is 10.3 Å². The Morgan fingerprint density at radius 2 is 2.04 bits per heavy atom. The highest BCUT2D eigenvalue weighted by molar-refractivity contribution is 7.91. The molecule has 0 aliphatic carbocycles. The van der Waals surface area contributed by atoms with Gasteiger partial charge in [-0.3, -0.25) is 4.79 Å². The van der Waals surface area contributed by atoms with Crippen molar-refractivity contribution in [3.63, 3.8) is 0 Å². The molecule has 1 aromatic rings. The van der Waals surface area contributed by atoms with E-state index in [1.54, 1.807) is 17.0 Å². The molecule has 2 atom stereocenters. The monoisotopic (exact) mass is 379 g/mol. The van der Waals surface area contributed by atoms with Crippen molar-refractivity contribution >= 4 is 39.7 Å². The summed E-state index contributed by atoms with van der Waals surface area (Å²) in [6, 6.07) is 2.86. The zero-order valence-corrected chi connectivity index (χ0v) is 15.4. The van der Waals surface area contributed by atoms with Gasteiger partial charge >= 0.3 is 0 Å². The van der Waals surface area contributed by atoms with Gasteiger partial charge in [0, 0.05) is 30.6 Å². The van der Waals surface area contributed by atoms with Crippen LogP contribution in [0.2, 0.25) is 0 Å². The topological polar surface area (TPSA) is 83.7 Å². The zero-order valence-electron chi connectivity index (χ0n) is 13.0. The molecule has 0 bridgehead atoms. The number of hydrogen-bond acceptors (Lipinski definition) is 5. The maximum absolute atomic E-state index is 12.8. The molecule has 23 heavy (non-hydrogen) atoms. The first-order chi connectivity index (χ1) is 10.4. The van der Waals surface area contributed by atoms with Crippen LogP contribution in [0.15, 0.2) is 16.3 Å². The van der Waals surface area contributed by atoms with Gasteiger partial charge in [0.2, 0.25) is 5.91 Å². The van der Waals surface area contributed by atoms with Gasteiger partial charge in [0.05, 0.1) is 0 Å². The molecule has 1 amide bonds. The van der Waals surface area contributed by atoms with E-state index in [2.05, 4.69) is 0 Å². The van der Waals surface area contributed by atoms with Crippen molar-refractivity contribution in [3.8, 4) is 0 Å². The lowest BCUT2D eigenvalue weighted by Crippen LogP contribution is -2.47. The number of carbonyl (C=O) groups is 1. The fourth-order valence-electron chi connectivity index (χ4n) is 3.14. The molecule has 0 aromatic carbocycles. The molecule has 3 heterocycles. The van der Waals surface area contributed by atoms with E-state index in [-0.39, 0.29) is 24.4 Å². The second-order valence-corrected chi connectivity index (χ2v) is 9.38. The van der Waals surface area contributed by atoms with Crippen LogP contribution in [0, 0.1) is 6.92 Å². The first-order valence-corrected chi connectivity index (χ1v) is 9.78. The van der Waals surface area contributed by atoms with Crippen molar-refractivity contribution in [2.24, 2.45) is 5.73 Å². The third-order valence-corrected chi connectivity index (χ3v) is 7.68. The Kier molecular flexibility index (Phi) is 5.73. The molecule has 130 valence electrons. The van der Waals surface area contributed by atoms with Gasteiger partial charge in [0.15, 0.2) is 0 Å².